The molecule has 5 heteroatoms. The van der Waals surface area contributed by atoms with Crippen molar-refractivity contribution >= 4 is 17.5 Å². The zero-order valence-electron chi connectivity index (χ0n) is 13.0. The lowest BCUT2D eigenvalue weighted by molar-refractivity contribution is 0.628. The SMILES string of the molecule is Fc1ccc(Nc2cc(-c3ccccc3)nc(NC3CC3)n2)cc1. The molecular weight excluding hydrogens is 303 g/mol. The van der Waals surface area contributed by atoms with Gasteiger partial charge in [0.1, 0.15) is 11.6 Å². The van der Waals surface area contributed by atoms with Gasteiger partial charge in [-0.05, 0) is 37.1 Å². The molecule has 4 rings (SSSR count). The van der Waals surface area contributed by atoms with Crippen LogP contribution in [0.5, 0.6) is 0 Å². The summed E-state index contributed by atoms with van der Waals surface area (Å²) in [6, 6.07) is 18.6. The van der Waals surface area contributed by atoms with Gasteiger partial charge in [-0.25, -0.2) is 9.37 Å². The lowest BCUT2D eigenvalue weighted by Gasteiger charge is -2.11. The minimum absolute atomic E-state index is 0.260. The van der Waals surface area contributed by atoms with Crippen molar-refractivity contribution in [1.29, 1.82) is 0 Å². The molecule has 1 aliphatic rings. The minimum Gasteiger partial charge on any atom is -0.351 e. The highest BCUT2D eigenvalue weighted by atomic mass is 19.1. The summed E-state index contributed by atoms with van der Waals surface area (Å²) >= 11 is 0. The van der Waals surface area contributed by atoms with Crippen LogP contribution in [0.3, 0.4) is 0 Å². The van der Waals surface area contributed by atoms with Crippen LogP contribution in [0.25, 0.3) is 11.3 Å². The summed E-state index contributed by atoms with van der Waals surface area (Å²) in [5.41, 5.74) is 2.66. The Balaban J connectivity index is 1.67. The van der Waals surface area contributed by atoms with Gasteiger partial charge in [-0.15, -0.1) is 0 Å². The number of halogens is 1. The second-order valence-corrected chi connectivity index (χ2v) is 5.88. The van der Waals surface area contributed by atoms with E-state index in [1.807, 2.05) is 36.4 Å². The smallest absolute Gasteiger partial charge is 0.225 e. The summed E-state index contributed by atoms with van der Waals surface area (Å²) in [6.07, 6.45) is 2.30. The van der Waals surface area contributed by atoms with E-state index in [-0.39, 0.29) is 5.82 Å². The fourth-order valence-electron chi connectivity index (χ4n) is 2.42. The second kappa shape index (κ2) is 6.28. The Morgan fingerprint density at radius 2 is 1.67 bits per heavy atom. The Bertz CT molecular complexity index is 830. The summed E-state index contributed by atoms with van der Waals surface area (Å²) < 4.78 is 13.1. The third-order valence-electron chi connectivity index (χ3n) is 3.82. The Morgan fingerprint density at radius 3 is 2.38 bits per heavy atom. The maximum Gasteiger partial charge on any atom is 0.225 e. The van der Waals surface area contributed by atoms with Gasteiger partial charge in [0, 0.05) is 23.4 Å². The van der Waals surface area contributed by atoms with E-state index in [0.717, 1.165) is 29.8 Å². The molecule has 0 unspecified atom stereocenters. The van der Waals surface area contributed by atoms with E-state index < -0.39 is 0 Å². The van der Waals surface area contributed by atoms with Gasteiger partial charge in [0.15, 0.2) is 0 Å². The van der Waals surface area contributed by atoms with E-state index in [9.17, 15) is 4.39 Å². The van der Waals surface area contributed by atoms with E-state index >= 15 is 0 Å². The van der Waals surface area contributed by atoms with Crippen LogP contribution in [0.2, 0.25) is 0 Å². The molecule has 1 aliphatic carbocycles. The molecule has 0 saturated heterocycles. The van der Waals surface area contributed by atoms with Crippen LogP contribution in [-0.4, -0.2) is 16.0 Å². The summed E-state index contributed by atoms with van der Waals surface area (Å²) in [5.74, 6) is 1.03. The van der Waals surface area contributed by atoms with Crippen LogP contribution in [0.4, 0.5) is 21.8 Å². The second-order valence-electron chi connectivity index (χ2n) is 5.88. The third-order valence-corrected chi connectivity index (χ3v) is 3.82. The quantitative estimate of drug-likeness (QED) is 0.721. The Kier molecular flexibility index (Phi) is 3.83. The van der Waals surface area contributed by atoms with Gasteiger partial charge in [-0.1, -0.05) is 30.3 Å². The number of hydrogen-bond donors (Lipinski definition) is 2. The lowest BCUT2D eigenvalue weighted by atomic mass is 10.1. The van der Waals surface area contributed by atoms with E-state index in [0.29, 0.717) is 17.8 Å². The molecule has 2 aromatic carbocycles. The van der Waals surface area contributed by atoms with E-state index in [4.69, 9.17) is 0 Å². The van der Waals surface area contributed by atoms with E-state index in [2.05, 4.69) is 20.6 Å². The van der Waals surface area contributed by atoms with Gasteiger partial charge < -0.3 is 10.6 Å². The van der Waals surface area contributed by atoms with Crippen molar-refractivity contribution in [2.24, 2.45) is 0 Å². The fraction of sp³-hybridized carbons (Fsp3) is 0.158. The van der Waals surface area contributed by atoms with Gasteiger partial charge in [-0.3, -0.25) is 0 Å². The first-order valence-electron chi connectivity index (χ1n) is 8.00. The molecule has 1 heterocycles. The van der Waals surface area contributed by atoms with Gasteiger partial charge >= 0.3 is 0 Å². The molecule has 1 saturated carbocycles. The molecule has 2 N–H and O–H groups in total. The highest BCUT2D eigenvalue weighted by Gasteiger charge is 2.22. The number of nitrogens with one attached hydrogen (secondary N) is 2. The van der Waals surface area contributed by atoms with Gasteiger partial charge in [0.05, 0.1) is 5.69 Å². The summed E-state index contributed by atoms with van der Waals surface area (Å²) in [7, 11) is 0. The molecule has 0 aliphatic heterocycles. The first kappa shape index (κ1) is 14.6. The summed E-state index contributed by atoms with van der Waals surface area (Å²) in [5, 5.41) is 6.56. The molecule has 1 aromatic heterocycles. The number of benzene rings is 2. The third kappa shape index (κ3) is 3.51. The van der Waals surface area contributed by atoms with E-state index in [1.54, 1.807) is 12.1 Å². The molecule has 0 radical (unpaired) electrons. The average molecular weight is 320 g/mol. The van der Waals surface area contributed by atoms with Crippen LogP contribution >= 0.6 is 0 Å². The highest BCUT2D eigenvalue weighted by molar-refractivity contribution is 5.67. The predicted octanol–water partition coefficient (Wildman–Crippen LogP) is 4.60. The first-order valence-corrected chi connectivity index (χ1v) is 8.00. The average Bonchev–Trinajstić information content (AvgIpc) is 3.42. The van der Waals surface area contributed by atoms with Gasteiger partial charge in [0.2, 0.25) is 5.95 Å². The molecule has 1 fully saturated rings. The van der Waals surface area contributed by atoms with Crippen molar-refractivity contribution in [3.8, 4) is 11.3 Å². The van der Waals surface area contributed by atoms with Crippen LogP contribution in [0.1, 0.15) is 12.8 Å². The fourth-order valence-corrected chi connectivity index (χ4v) is 2.42. The Hall–Kier alpha value is -2.95. The minimum atomic E-state index is -0.260. The number of rotatable bonds is 5. The predicted molar refractivity (Wildman–Crippen MR) is 93.8 cm³/mol. The van der Waals surface area contributed by atoms with Crippen molar-refractivity contribution in [3.63, 3.8) is 0 Å². The number of aromatic nitrogens is 2. The molecule has 4 nitrogen and oxygen atoms in total. The first-order chi connectivity index (χ1) is 11.8. The van der Waals surface area contributed by atoms with Crippen molar-refractivity contribution in [2.45, 2.75) is 18.9 Å². The molecule has 3 aromatic rings. The molecule has 0 bridgehead atoms. The highest BCUT2D eigenvalue weighted by Crippen LogP contribution is 2.27. The van der Waals surface area contributed by atoms with Gasteiger partial charge in [-0.2, -0.15) is 4.98 Å². The maximum absolute atomic E-state index is 13.1. The van der Waals surface area contributed by atoms with Crippen LogP contribution in [0.15, 0.2) is 60.7 Å². The number of anilines is 3. The summed E-state index contributed by atoms with van der Waals surface area (Å²) in [6.45, 7) is 0. The molecular formula is C19H17FN4. The number of nitrogens with zero attached hydrogens (tertiary/aromatic N) is 2. The van der Waals surface area contributed by atoms with Crippen molar-refractivity contribution in [1.82, 2.24) is 9.97 Å². The topological polar surface area (TPSA) is 49.8 Å². The largest absolute Gasteiger partial charge is 0.351 e. The van der Waals surface area contributed by atoms with Gasteiger partial charge in [0.25, 0.3) is 0 Å². The van der Waals surface area contributed by atoms with Crippen molar-refractivity contribution in [3.05, 3.63) is 66.5 Å². The van der Waals surface area contributed by atoms with Crippen molar-refractivity contribution in [2.75, 3.05) is 10.6 Å². The lowest BCUT2D eigenvalue weighted by Crippen LogP contribution is -2.07. The van der Waals surface area contributed by atoms with Crippen LogP contribution < -0.4 is 10.6 Å². The standard InChI is InChI=1S/C19H17FN4/c20-14-6-8-15(9-7-14)21-18-12-17(13-4-2-1-3-5-13)23-19(24-18)22-16-10-11-16/h1-9,12,16H,10-11H2,(H2,21,22,23,24). The molecule has 24 heavy (non-hydrogen) atoms. The normalized spacial score (nSPS) is 13.5. The Morgan fingerprint density at radius 1 is 0.917 bits per heavy atom. The summed E-state index contributed by atoms with van der Waals surface area (Å²) in [4.78, 5) is 9.15. The van der Waals surface area contributed by atoms with Crippen LogP contribution in [0, 0.1) is 5.82 Å². The maximum atomic E-state index is 13.1. The number of hydrogen-bond acceptors (Lipinski definition) is 4. The molecule has 0 spiro atoms. The zero-order chi connectivity index (χ0) is 16.4. The molecule has 120 valence electrons. The monoisotopic (exact) mass is 320 g/mol. The Labute approximate surface area is 139 Å². The molecule has 0 amide bonds. The molecule has 0 atom stereocenters. The zero-order valence-corrected chi connectivity index (χ0v) is 13.0. The van der Waals surface area contributed by atoms with Crippen molar-refractivity contribution < 1.29 is 4.39 Å². The van der Waals surface area contributed by atoms with Crippen LogP contribution in [-0.2, 0) is 0 Å². The van der Waals surface area contributed by atoms with E-state index in [1.165, 1.54) is 12.1 Å².